The molecular weight excluding hydrogens is 404 g/mol. The summed E-state index contributed by atoms with van der Waals surface area (Å²) in [6.07, 6.45) is 4.51. The number of fused-ring (bicyclic) bond motifs is 1. The standard InChI is InChI=1S/C23H34N8O/c1-18-16-24-17-30(18)8-4-7-25-23(32)26-20-5-6-22-21(15-20)19(2)27-31(22)14-13-29-11-9-28(3)10-12-29/h5-6,15-17H,4,7-14H2,1-3H3,(H2,25,26,32). The summed E-state index contributed by atoms with van der Waals surface area (Å²) in [5, 5.41) is 11.7. The minimum atomic E-state index is -0.188. The lowest BCUT2D eigenvalue weighted by molar-refractivity contribution is 0.149. The second-order valence-corrected chi connectivity index (χ2v) is 8.65. The number of aryl methyl sites for hydroxylation is 3. The normalized spacial score (nSPS) is 15.3. The van der Waals surface area contributed by atoms with Gasteiger partial charge in [-0.25, -0.2) is 9.78 Å². The summed E-state index contributed by atoms with van der Waals surface area (Å²) in [5.41, 5.74) is 4.00. The third kappa shape index (κ3) is 5.46. The highest BCUT2D eigenvalue weighted by Crippen LogP contribution is 2.22. The van der Waals surface area contributed by atoms with E-state index in [1.807, 2.05) is 38.5 Å². The molecule has 0 saturated carbocycles. The van der Waals surface area contributed by atoms with Gasteiger partial charge in [0.1, 0.15) is 0 Å². The van der Waals surface area contributed by atoms with Crippen molar-refractivity contribution in [1.82, 2.24) is 34.4 Å². The van der Waals surface area contributed by atoms with Crippen LogP contribution in [0.15, 0.2) is 30.7 Å². The van der Waals surface area contributed by atoms with E-state index >= 15 is 0 Å². The number of hydrogen-bond donors (Lipinski definition) is 2. The highest BCUT2D eigenvalue weighted by atomic mass is 16.2. The van der Waals surface area contributed by atoms with Crippen molar-refractivity contribution in [2.24, 2.45) is 0 Å². The summed E-state index contributed by atoms with van der Waals surface area (Å²) < 4.78 is 4.17. The number of piperazine rings is 1. The fourth-order valence-electron chi connectivity index (χ4n) is 4.14. The smallest absolute Gasteiger partial charge is 0.319 e. The van der Waals surface area contributed by atoms with Crippen molar-refractivity contribution < 1.29 is 4.79 Å². The zero-order valence-corrected chi connectivity index (χ0v) is 19.3. The van der Waals surface area contributed by atoms with Crippen LogP contribution < -0.4 is 10.6 Å². The summed E-state index contributed by atoms with van der Waals surface area (Å²) >= 11 is 0. The van der Waals surface area contributed by atoms with Gasteiger partial charge in [0, 0.05) is 68.8 Å². The molecule has 1 aromatic carbocycles. The number of carbonyl (C=O) groups is 1. The van der Waals surface area contributed by atoms with Gasteiger partial charge in [0.25, 0.3) is 0 Å². The molecule has 172 valence electrons. The third-order valence-corrected chi connectivity index (χ3v) is 6.20. The van der Waals surface area contributed by atoms with Gasteiger partial charge >= 0.3 is 6.03 Å². The molecule has 32 heavy (non-hydrogen) atoms. The van der Waals surface area contributed by atoms with Crippen LogP contribution in [0.2, 0.25) is 0 Å². The number of nitrogens with zero attached hydrogens (tertiary/aromatic N) is 6. The fraction of sp³-hybridized carbons (Fsp3) is 0.522. The number of anilines is 1. The van der Waals surface area contributed by atoms with Crippen LogP contribution in [0.4, 0.5) is 10.5 Å². The lowest BCUT2D eigenvalue weighted by atomic mass is 10.2. The van der Waals surface area contributed by atoms with Crippen molar-refractivity contribution in [3.63, 3.8) is 0 Å². The zero-order chi connectivity index (χ0) is 22.5. The van der Waals surface area contributed by atoms with Crippen molar-refractivity contribution in [2.75, 3.05) is 51.6 Å². The number of hydrogen-bond acceptors (Lipinski definition) is 5. The highest BCUT2D eigenvalue weighted by molar-refractivity contribution is 5.93. The summed E-state index contributed by atoms with van der Waals surface area (Å²) in [5.74, 6) is 0. The number of nitrogens with one attached hydrogen (secondary N) is 2. The Balaban J connectivity index is 1.28. The molecule has 1 aliphatic heterocycles. The Labute approximate surface area is 189 Å². The first-order chi connectivity index (χ1) is 15.5. The molecule has 4 rings (SSSR count). The average Bonchev–Trinajstić information content (AvgIpc) is 3.33. The van der Waals surface area contributed by atoms with Crippen molar-refractivity contribution in [3.8, 4) is 0 Å². The molecule has 9 nitrogen and oxygen atoms in total. The van der Waals surface area contributed by atoms with Crippen molar-refractivity contribution in [2.45, 2.75) is 33.4 Å². The number of aromatic nitrogens is 4. The molecule has 0 aliphatic carbocycles. The molecule has 0 atom stereocenters. The summed E-state index contributed by atoms with van der Waals surface area (Å²) in [6.45, 7) is 11.8. The molecule has 1 aliphatic rings. The Morgan fingerprint density at radius 3 is 2.66 bits per heavy atom. The predicted octanol–water partition coefficient (Wildman–Crippen LogP) is 2.31. The number of amides is 2. The Morgan fingerprint density at radius 2 is 1.91 bits per heavy atom. The van der Waals surface area contributed by atoms with Crippen LogP contribution in [0, 0.1) is 13.8 Å². The van der Waals surface area contributed by atoms with Gasteiger partial charge in [-0.1, -0.05) is 0 Å². The van der Waals surface area contributed by atoms with Crippen LogP contribution in [-0.2, 0) is 13.1 Å². The third-order valence-electron chi connectivity index (χ3n) is 6.20. The lowest BCUT2D eigenvalue weighted by Crippen LogP contribution is -2.45. The quantitative estimate of drug-likeness (QED) is 0.528. The number of benzene rings is 1. The van der Waals surface area contributed by atoms with Gasteiger partial charge in [-0.05, 0) is 45.5 Å². The molecule has 3 heterocycles. The fourth-order valence-corrected chi connectivity index (χ4v) is 4.14. The molecule has 0 radical (unpaired) electrons. The van der Waals surface area contributed by atoms with Crippen LogP contribution >= 0.6 is 0 Å². The van der Waals surface area contributed by atoms with Crippen LogP contribution in [0.25, 0.3) is 10.9 Å². The van der Waals surface area contributed by atoms with Gasteiger partial charge in [-0.15, -0.1) is 0 Å². The van der Waals surface area contributed by atoms with Crippen LogP contribution in [0.5, 0.6) is 0 Å². The van der Waals surface area contributed by atoms with Crippen LogP contribution in [0.3, 0.4) is 0 Å². The lowest BCUT2D eigenvalue weighted by Gasteiger charge is -2.32. The molecule has 2 amide bonds. The molecule has 1 saturated heterocycles. The van der Waals surface area contributed by atoms with Crippen LogP contribution in [0.1, 0.15) is 17.8 Å². The number of urea groups is 1. The van der Waals surface area contributed by atoms with Gasteiger partial charge in [-0.3, -0.25) is 9.58 Å². The molecule has 1 fully saturated rings. The molecule has 0 bridgehead atoms. The van der Waals surface area contributed by atoms with E-state index in [0.29, 0.717) is 6.54 Å². The number of carbonyl (C=O) groups excluding carboxylic acids is 1. The van der Waals surface area contributed by atoms with E-state index in [1.165, 1.54) is 0 Å². The van der Waals surface area contributed by atoms with Gasteiger partial charge in [0.2, 0.25) is 0 Å². The first-order valence-corrected chi connectivity index (χ1v) is 11.4. The topological polar surface area (TPSA) is 83.3 Å². The summed E-state index contributed by atoms with van der Waals surface area (Å²) in [6, 6.07) is 5.83. The Morgan fingerprint density at radius 1 is 1.09 bits per heavy atom. The van der Waals surface area contributed by atoms with Gasteiger partial charge in [0.15, 0.2) is 0 Å². The number of imidazole rings is 1. The van der Waals surface area contributed by atoms with Crippen molar-refractivity contribution >= 4 is 22.6 Å². The first kappa shape index (κ1) is 22.3. The minimum absolute atomic E-state index is 0.188. The van der Waals surface area contributed by atoms with E-state index in [9.17, 15) is 4.79 Å². The van der Waals surface area contributed by atoms with Gasteiger partial charge in [-0.2, -0.15) is 5.10 Å². The molecular formula is C23H34N8O. The maximum Gasteiger partial charge on any atom is 0.319 e. The van der Waals surface area contributed by atoms with Gasteiger partial charge < -0.3 is 20.1 Å². The average molecular weight is 439 g/mol. The SMILES string of the molecule is Cc1nn(CCN2CCN(C)CC2)c2ccc(NC(=O)NCCCn3cncc3C)cc12. The predicted molar refractivity (Wildman–Crippen MR) is 127 cm³/mol. The Bertz CT molecular complexity index is 1050. The maximum absolute atomic E-state index is 12.3. The second kappa shape index (κ2) is 10.1. The van der Waals surface area contributed by atoms with Crippen molar-refractivity contribution in [3.05, 3.63) is 42.1 Å². The van der Waals surface area contributed by atoms with E-state index in [0.717, 1.165) is 80.2 Å². The van der Waals surface area contributed by atoms with E-state index in [2.05, 4.69) is 47.8 Å². The number of likely N-dealkylation sites (N-methyl/N-ethyl adjacent to an activating group) is 1. The van der Waals surface area contributed by atoms with E-state index < -0.39 is 0 Å². The largest absolute Gasteiger partial charge is 0.338 e. The van der Waals surface area contributed by atoms with Crippen molar-refractivity contribution in [1.29, 1.82) is 0 Å². The summed E-state index contributed by atoms with van der Waals surface area (Å²) in [4.78, 5) is 21.3. The van der Waals surface area contributed by atoms with E-state index in [-0.39, 0.29) is 6.03 Å². The molecule has 9 heteroatoms. The molecule has 2 aromatic heterocycles. The summed E-state index contributed by atoms with van der Waals surface area (Å²) in [7, 11) is 2.18. The van der Waals surface area contributed by atoms with Gasteiger partial charge in [0.05, 0.1) is 24.1 Å². The van der Waals surface area contributed by atoms with E-state index in [4.69, 9.17) is 5.10 Å². The minimum Gasteiger partial charge on any atom is -0.338 e. The maximum atomic E-state index is 12.3. The molecule has 0 unspecified atom stereocenters. The zero-order valence-electron chi connectivity index (χ0n) is 19.3. The Hall–Kier alpha value is -2.91. The molecule has 2 N–H and O–H groups in total. The van der Waals surface area contributed by atoms with Crippen LogP contribution in [-0.4, -0.2) is 81.5 Å². The first-order valence-electron chi connectivity index (χ1n) is 11.4. The monoisotopic (exact) mass is 438 g/mol. The molecule has 0 spiro atoms. The Kier molecular flexibility index (Phi) is 7.06. The highest BCUT2D eigenvalue weighted by Gasteiger charge is 2.15. The second-order valence-electron chi connectivity index (χ2n) is 8.65. The van der Waals surface area contributed by atoms with E-state index in [1.54, 1.807) is 0 Å². The number of rotatable bonds is 8. The molecule has 3 aromatic rings.